The molecule has 1 aliphatic rings. The Hall–Kier alpha value is -2.60. The minimum absolute atomic E-state index is 0.177. The zero-order valence-corrected chi connectivity index (χ0v) is 15.8. The van der Waals surface area contributed by atoms with Crippen LogP contribution in [0.4, 0.5) is 0 Å². The molecule has 1 saturated heterocycles. The quantitative estimate of drug-likeness (QED) is 0.717. The third-order valence-corrected chi connectivity index (χ3v) is 5.13. The van der Waals surface area contributed by atoms with Crippen LogP contribution in [-0.2, 0) is 22.5 Å². The van der Waals surface area contributed by atoms with Crippen LogP contribution in [0, 0.1) is 0 Å². The average molecular weight is 376 g/mol. The minimum atomic E-state index is -0.418. The molecule has 0 aliphatic carbocycles. The molecule has 1 fully saturated rings. The first kappa shape index (κ1) is 18.7. The van der Waals surface area contributed by atoms with Crippen LogP contribution in [0.5, 0.6) is 0 Å². The molecule has 0 atom stereocenters. The molecule has 0 saturated carbocycles. The van der Waals surface area contributed by atoms with Crippen LogP contribution >= 0.6 is 0 Å². The molecule has 0 spiro atoms. The average Bonchev–Trinajstić information content (AvgIpc) is 2.75. The lowest BCUT2D eigenvalue weighted by Crippen LogP contribution is -2.35. The molecule has 1 aliphatic heterocycles. The second-order valence-electron chi connectivity index (χ2n) is 7.14. The largest absolute Gasteiger partial charge is 0.389 e. The number of hydrogen-bond acceptors (Lipinski definition) is 5. The number of para-hydroxylation sites is 1. The number of fused-ring (bicyclic) bond motifs is 1. The van der Waals surface area contributed by atoms with Crippen molar-refractivity contribution in [3.05, 3.63) is 65.7 Å². The van der Waals surface area contributed by atoms with Crippen molar-refractivity contribution < 1.29 is 14.6 Å². The summed E-state index contributed by atoms with van der Waals surface area (Å²) in [5.74, 6) is -0.177. The SMILES string of the molecule is O=C(CO)Cc1ccc(-c2cc(CN3CCOCC3)c3ccccc3n2)cc1. The van der Waals surface area contributed by atoms with Gasteiger partial charge in [-0.25, -0.2) is 4.98 Å². The number of benzene rings is 2. The van der Waals surface area contributed by atoms with Crippen molar-refractivity contribution >= 4 is 16.7 Å². The van der Waals surface area contributed by atoms with E-state index in [1.165, 1.54) is 10.9 Å². The number of ketones is 1. The molecule has 0 unspecified atom stereocenters. The van der Waals surface area contributed by atoms with Crippen molar-refractivity contribution in [3.63, 3.8) is 0 Å². The Kier molecular flexibility index (Phi) is 5.76. The molecule has 0 radical (unpaired) electrons. The van der Waals surface area contributed by atoms with Crippen molar-refractivity contribution in [3.8, 4) is 11.3 Å². The highest BCUT2D eigenvalue weighted by Crippen LogP contribution is 2.26. The number of aliphatic hydroxyl groups is 1. The molecule has 28 heavy (non-hydrogen) atoms. The number of carbonyl (C=O) groups is 1. The topological polar surface area (TPSA) is 62.7 Å². The molecule has 3 aromatic rings. The fourth-order valence-corrected chi connectivity index (χ4v) is 3.60. The zero-order valence-electron chi connectivity index (χ0n) is 15.8. The summed E-state index contributed by atoms with van der Waals surface area (Å²) in [7, 11) is 0. The highest BCUT2D eigenvalue weighted by molar-refractivity contribution is 5.85. The fourth-order valence-electron chi connectivity index (χ4n) is 3.60. The molecule has 0 amide bonds. The van der Waals surface area contributed by atoms with Crippen LogP contribution in [0.15, 0.2) is 54.6 Å². The summed E-state index contributed by atoms with van der Waals surface area (Å²) >= 11 is 0. The van der Waals surface area contributed by atoms with Crippen LogP contribution in [0.3, 0.4) is 0 Å². The number of hydrogen-bond donors (Lipinski definition) is 1. The fraction of sp³-hybridized carbons (Fsp3) is 0.304. The first-order chi connectivity index (χ1) is 13.7. The smallest absolute Gasteiger partial charge is 0.162 e. The standard InChI is InChI=1S/C23H24N2O3/c26-16-20(27)13-17-5-7-18(8-6-17)23-14-19(15-25-9-11-28-12-10-25)21-3-1-2-4-22(21)24-23/h1-8,14,26H,9-13,15-16H2. The van der Waals surface area contributed by atoms with E-state index in [1.54, 1.807) is 0 Å². The first-order valence-corrected chi connectivity index (χ1v) is 9.63. The second-order valence-corrected chi connectivity index (χ2v) is 7.14. The van der Waals surface area contributed by atoms with Crippen molar-refractivity contribution in [2.45, 2.75) is 13.0 Å². The van der Waals surface area contributed by atoms with E-state index >= 15 is 0 Å². The summed E-state index contributed by atoms with van der Waals surface area (Å²) in [4.78, 5) is 18.7. The van der Waals surface area contributed by atoms with Gasteiger partial charge in [-0.15, -0.1) is 0 Å². The first-order valence-electron chi connectivity index (χ1n) is 9.63. The van der Waals surface area contributed by atoms with Gasteiger partial charge in [0.25, 0.3) is 0 Å². The van der Waals surface area contributed by atoms with Gasteiger partial charge in [-0.2, -0.15) is 0 Å². The van der Waals surface area contributed by atoms with E-state index in [-0.39, 0.29) is 12.2 Å². The molecule has 144 valence electrons. The molecule has 2 heterocycles. The maximum Gasteiger partial charge on any atom is 0.162 e. The van der Waals surface area contributed by atoms with E-state index in [0.717, 1.165) is 55.2 Å². The van der Waals surface area contributed by atoms with Gasteiger partial charge in [0.15, 0.2) is 5.78 Å². The highest BCUT2D eigenvalue weighted by atomic mass is 16.5. The minimum Gasteiger partial charge on any atom is -0.389 e. The van der Waals surface area contributed by atoms with Gasteiger partial charge in [-0.05, 0) is 23.3 Å². The van der Waals surface area contributed by atoms with Crippen molar-refractivity contribution in [1.82, 2.24) is 9.88 Å². The predicted molar refractivity (Wildman–Crippen MR) is 109 cm³/mol. The van der Waals surface area contributed by atoms with Crippen LogP contribution in [0.1, 0.15) is 11.1 Å². The van der Waals surface area contributed by atoms with E-state index < -0.39 is 6.61 Å². The van der Waals surface area contributed by atoms with Crippen LogP contribution in [-0.4, -0.2) is 53.7 Å². The van der Waals surface area contributed by atoms with E-state index in [1.807, 2.05) is 30.3 Å². The Morgan fingerprint density at radius 3 is 2.57 bits per heavy atom. The zero-order chi connectivity index (χ0) is 19.3. The van der Waals surface area contributed by atoms with E-state index in [0.29, 0.717) is 0 Å². The lowest BCUT2D eigenvalue weighted by atomic mass is 10.0. The van der Waals surface area contributed by atoms with Gasteiger partial charge in [0.2, 0.25) is 0 Å². The number of aliphatic hydroxyl groups excluding tert-OH is 1. The Morgan fingerprint density at radius 2 is 1.82 bits per heavy atom. The third kappa shape index (κ3) is 4.28. The molecule has 4 rings (SSSR count). The van der Waals surface area contributed by atoms with E-state index in [2.05, 4.69) is 29.2 Å². The molecule has 2 aromatic carbocycles. The van der Waals surface area contributed by atoms with Gasteiger partial charge in [0.05, 0.1) is 24.4 Å². The summed E-state index contributed by atoms with van der Waals surface area (Å²) in [6.45, 7) is 3.91. The van der Waals surface area contributed by atoms with Crippen molar-refractivity contribution in [2.75, 3.05) is 32.9 Å². The number of carbonyl (C=O) groups excluding carboxylic acids is 1. The maximum atomic E-state index is 11.4. The van der Waals surface area contributed by atoms with Crippen molar-refractivity contribution in [1.29, 1.82) is 0 Å². The number of rotatable bonds is 6. The number of nitrogens with zero attached hydrogens (tertiary/aromatic N) is 2. The molecular formula is C23H24N2O3. The number of ether oxygens (including phenoxy) is 1. The van der Waals surface area contributed by atoms with Crippen molar-refractivity contribution in [2.24, 2.45) is 0 Å². The number of morpholine rings is 1. The van der Waals surface area contributed by atoms with Crippen LogP contribution < -0.4 is 0 Å². The van der Waals surface area contributed by atoms with Gasteiger partial charge in [0, 0.05) is 37.0 Å². The van der Waals surface area contributed by atoms with Gasteiger partial charge < -0.3 is 9.84 Å². The summed E-state index contributed by atoms with van der Waals surface area (Å²) in [5, 5.41) is 10.1. The van der Waals surface area contributed by atoms with E-state index in [4.69, 9.17) is 14.8 Å². The van der Waals surface area contributed by atoms with E-state index in [9.17, 15) is 4.79 Å². The molecule has 1 N–H and O–H groups in total. The number of pyridine rings is 1. The number of Topliss-reactive ketones (excluding diaryl/α,β-unsaturated/α-hetero) is 1. The van der Waals surface area contributed by atoms with Crippen LogP contribution in [0.2, 0.25) is 0 Å². The summed E-state index contributed by atoms with van der Waals surface area (Å²) < 4.78 is 5.47. The Balaban J connectivity index is 1.66. The third-order valence-electron chi connectivity index (χ3n) is 5.13. The van der Waals surface area contributed by atoms with Gasteiger partial charge in [-0.1, -0.05) is 42.5 Å². The highest BCUT2D eigenvalue weighted by Gasteiger charge is 2.14. The lowest BCUT2D eigenvalue weighted by molar-refractivity contribution is -0.121. The monoisotopic (exact) mass is 376 g/mol. The molecule has 0 bridgehead atoms. The second kappa shape index (κ2) is 8.61. The summed E-state index contributed by atoms with van der Waals surface area (Å²) in [6, 6.07) is 18.3. The Bertz CT molecular complexity index is 963. The Morgan fingerprint density at radius 1 is 1.07 bits per heavy atom. The Labute approximate surface area is 164 Å². The van der Waals surface area contributed by atoms with Gasteiger partial charge in [0.1, 0.15) is 6.61 Å². The van der Waals surface area contributed by atoms with Gasteiger partial charge in [-0.3, -0.25) is 9.69 Å². The summed E-state index contributed by atoms with van der Waals surface area (Å²) in [5.41, 5.74) is 5.11. The normalized spacial score (nSPS) is 15.0. The molecule has 5 nitrogen and oxygen atoms in total. The summed E-state index contributed by atoms with van der Waals surface area (Å²) in [6.07, 6.45) is 0.254. The number of aromatic nitrogens is 1. The molecule has 1 aromatic heterocycles. The molecule has 5 heteroatoms. The van der Waals surface area contributed by atoms with Crippen LogP contribution in [0.25, 0.3) is 22.2 Å². The lowest BCUT2D eigenvalue weighted by Gasteiger charge is -2.27. The maximum absolute atomic E-state index is 11.4. The van der Waals surface area contributed by atoms with Gasteiger partial charge >= 0.3 is 0 Å². The molecular weight excluding hydrogens is 352 g/mol. The predicted octanol–water partition coefficient (Wildman–Crippen LogP) is 2.84.